The van der Waals surface area contributed by atoms with Crippen molar-refractivity contribution in [2.45, 2.75) is 129 Å². The Bertz CT molecular complexity index is 1440. The van der Waals surface area contributed by atoms with Crippen LogP contribution in [0, 0.1) is 0 Å². The summed E-state index contributed by atoms with van der Waals surface area (Å²) in [4.78, 5) is 0. The first-order valence-corrected chi connectivity index (χ1v) is 17.6. The lowest BCUT2D eigenvalue weighted by Gasteiger charge is -2.10. The van der Waals surface area contributed by atoms with E-state index in [-0.39, 0.29) is 0 Å². The molecule has 222 valence electrons. The minimum atomic E-state index is 1.20. The fourth-order valence-corrected chi connectivity index (χ4v) is 6.84. The molecule has 0 fully saturated rings. The van der Waals surface area contributed by atoms with Crippen LogP contribution < -0.4 is 0 Å². The van der Waals surface area contributed by atoms with Crippen molar-refractivity contribution < 1.29 is 0 Å². The Hall–Kier alpha value is -2.86. The normalized spacial score (nSPS) is 11.9. The highest BCUT2D eigenvalue weighted by molar-refractivity contribution is 6.08. The standard InChI is InChI=1S/C42H54/c1-3-5-7-9-11-13-15-17-19-33-21-23-35-27-39-32-42-30-38-26-34(20-18-16-14-12-10-8-6-4-2)22-24-36(38)28-40(42)31-41(39)29-37(35)25-33/h21-32H,3-20H2,1-2H3. The van der Waals surface area contributed by atoms with Crippen molar-refractivity contribution in [3.05, 3.63) is 83.9 Å². The Morgan fingerprint density at radius 2 is 0.571 bits per heavy atom. The van der Waals surface area contributed by atoms with Gasteiger partial charge in [-0.1, -0.05) is 140 Å². The average molecular weight is 559 g/mol. The molecule has 0 heteroatoms. The second-order valence-corrected chi connectivity index (χ2v) is 13.1. The molecule has 0 saturated heterocycles. The molecule has 5 aromatic carbocycles. The molecule has 0 unspecified atom stereocenters. The first kappa shape index (κ1) is 30.6. The van der Waals surface area contributed by atoms with Gasteiger partial charge in [-0.2, -0.15) is 0 Å². The number of benzene rings is 5. The highest BCUT2D eigenvalue weighted by Gasteiger charge is 2.06. The van der Waals surface area contributed by atoms with Crippen LogP contribution in [0.3, 0.4) is 0 Å². The SMILES string of the molecule is CCCCCCCCCCc1ccc2cc3cc4cc5cc(CCCCCCCCCC)ccc5cc4cc3cc2c1. The molecule has 0 N–H and O–H groups in total. The summed E-state index contributed by atoms with van der Waals surface area (Å²) < 4.78 is 0. The number of hydrogen-bond donors (Lipinski definition) is 0. The zero-order chi connectivity index (χ0) is 29.0. The summed E-state index contributed by atoms with van der Waals surface area (Å²) in [7, 11) is 0. The largest absolute Gasteiger partial charge is 0.0654 e. The molecule has 0 spiro atoms. The van der Waals surface area contributed by atoms with Crippen molar-refractivity contribution in [1.82, 2.24) is 0 Å². The number of aryl methyl sites for hydroxylation is 2. The van der Waals surface area contributed by atoms with Crippen molar-refractivity contribution >= 4 is 43.1 Å². The molecule has 5 rings (SSSR count). The Morgan fingerprint density at radius 1 is 0.286 bits per heavy atom. The number of fused-ring (bicyclic) bond motifs is 4. The van der Waals surface area contributed by atoms with Crippen LogP contribution in [0.5, 0.6) is 0 Å². The van der Waals surface area contributed by atoms with E-state index in [1.807, 2.05) is 0 Å². The fraction of sp³-hybridized carbons (Fsp3) is 0.476. The van der Waals surface area contributed by atoms with Crippen molar-refractivity contribution in [3.8, 4) is 0 Å². The summed E-state index contributed by atoms with van der Waals surface area (Å²) in [6.45, 7) is 4.59. The fourth-order valence-electron chi connectivity index (χ4n) is 6.84. The Kier molecular flexibility index (Phi) is 11.7. The zero-order valence-corrected chi connectivity index (χ0v) is 26.7. The molecule has 0 heterocycles. The van der Waals surface area contributed by atoms with Gasteiger partial charge in [0.15, 0.2) is 0 Å². The molecule has 0 radical (unpaired) electrons. The molecule has 42 heavy (non-hydrogen) atoms. The summed E-state index contributed by atoms with van der Waals surface area (Å²) in [6, 6.07) is 28.7. The summed E-state index contributed by atoms with van der Waals surface area (Å²) in [5, 5.41) is 10.9. The molecule has 0 amide bonds. The zero-order valence-electron chi connectivity index (χ0n) is 26.7. The van der Waals surface area contributed by atoms with Gasteiger partial charge in [-0.15, -0.1) is 0 Å². The highest BCUT2D eigenvalue weighted by atomic mass is 14.1. The van der Waals surface area contributed by atoms with E-state index in [0.29, 0.717) is 0 Å². The smallest absolute Gasteiger partial charge is 0.0171 e. The summed E-state index contributed by atoms with van der Waals surface area (Å²) >= 11 is 0. The average Bonchev–Trinajstić information content (AvgIpc) is 3.00. The van der Waals surface area contributed by atoms with Gasteiger partial charge < -0.3 is 0 Å². The Morgan fingerprint density at radius 3 is 0.929 bits per heavy atom. The van der Waals surface area contributed by atoms with E-state index < -0.39 is 0 Å². The molecule has 0 aromatic heterocycles. The second-order valence-electron chi connectivity index (χ2n) is 13.1. The minimum Gasteiger partial charge on any atom is -0.0654 e. The maximum Gasteiger partial charge on any atom is -0.0171 e. The van der Waals surface area contributed by atoms with E-state index in [1.54, 1.807) is 0 Å². The van der Waals surface area contributed by atoms with Gasteiger partial charge >= 0.3 is 0 Å². The van der Waals surface area contributed by atoms with E-state index in [0.717, 1.165) is 0 Å². The lowest BCUT2D eigenvalue weighted by Crippen LogP contribution is -1.88. The predicted molar refractivity (Wildman–Crippen MR) is 189 cm³/mol. The van der Waals surface area contributed by atoms with E-state index in [4.69, 9.17) is 0 Å². The number of unbranched alkanes of at least 4 members (excludes halogenated alkanes) is 14. The van der Waals surface area contributed by atoms with Gasteiger partial charge in [0, 0.05) is 0 Å². The van der Waals surface area contributed by atoms with E-state index in [1.165, 1.54) is 170 Å². The van der Waals surface area contributed by atoms with Crippen LogP contribution in [0.2, 0.25) is 0 Å². The van der Waals surface area contributed by atoms with Gasteiger partial charge in [0.2, 0.25) is 0 Å². The van der Waals surface area contributed by atoms with E-state index in [2.05, 4.69) is 86.6 Å². The van der Waals surface area contributed by atoms with Gasteiger partial charge in [0.1, 0.15) is 0 Å². The van der Waals surface area contributed by atoms with Gasteiger partial charge in [-0.05, 0) is 116 Å². The van der Waals surface area contributed by atoms with Gasteiger partial charge in [-0.3, -0.25) is 0 Å². The maximum atomic E-state index is 2.44. The van der Waals surface area contributed by atoms with E-state index >= 15 is 0 Å². The molecule has 5 aromatic rings. The van der Waals surface area contributed by atoms with Gasteiger partial charge in [0.05, 0.1) is 0 Å². The molecule has 0 aliphatic rings. The van der Waals surface area contributed by atoms with Gasteiger partial charge in [-0.25, -0.2) is 0 Å². The summed E-state index contributed by atoms with van der Waals surface area (Å²) in [6.07, 6.45) is 24.5. The molecule has 0 bridgehead atoms. The minimum absolute atomic E-state index is 1.20. The second kappa shape index (κ2) is 16.1. The topological polar surface area (TPSA) is 0 Å². The molecule has 0 atom stereocenters. The van der Waals surface area contributed by atoms with Crippen molar-refractivity contribution in [2.75, 3.05) is 0 Å². The van der Waals surface area contributed by atoms with Crippen LogP contribution in [0.4, 0.5) is 0 Å². The Labute approximate surface area is 255 Å². The van der Waals surface area contributed by atoms with Crippen molar-refractivity contribution in [1.29, 1.82) is 0 Å². The van der Waals surface area contributed by atoms with Crippen molar-refractivity contribution in [3.63, 3.8) is 0 Å². The van der Waals surface area contributed by atoms with Crippen LogP contribution >= 0.6 is 0 Å². The summed E-state index contributed by atoms with van der Waals surface area (Å²) in [5.74, 6) is 0. The quantitative estimate of drug-likeness (QED) is 0.0741. The predicted octanol–water partition coefficient (Wildman–Crippen LogP) is 13.7. The molecule has 0 saturated carbocycles. The van der Waals surface area contributed by atoms with Gasteiger partial charge in [0.25, 0.3) is 0 Å². The molecule has 0 aliphatic heterocycles. The monoisotopic (exact) mass is 558 g/mol. The molecule has 0 aliphatic carbocycles. The van der Waals surface area contributed by atoms with E-state index in [9.17, 15) is 0 Å². The number of rotatable bonds is 18. The third-order valence-corrected chi connectivity index (χ3v) is 9.47. The highest BCUT2D eigenvalue weighted by Crippen LogP contribution is 2.31. The third kappa shape index (κ3) is 8.59. The Balaban J connectivity index is 1.22. The van der Waals surface area contributed by atoms with Crippen LogP contribution in [0.15, 0.2) is 72.8 Å². The maximum absolute atomic E-state index is 2.44. The first-order chi connectivity index (χ1) is 20.7. The first-order valence-electron chi connectivity index (χ1n) is 17.6. The van der Waals surface area contributed by atoms with Crippen LogP contribution in [0.1, 0.15) is 128 Å². The van der Waals surface area contributed by atoms with Crippen LogP contribution in [-0.4, -0.2) is 0 Å². The third-order valence-electron chi connectivity index (χ3n) is 9.47. The number of hydrogen-bond acceptors (Lipinski definition) is 0. The van der Waals surface area contributed by atoms with Crippen molar-refractivity contribution in [2.24, 2.45) is 0 Å². The van der Waals surface area contributed by atoms with Crippen LogP contribution in [0.25, 0.3) is 43.1 Å². The molecular weight excluding hydrogens is 504 g/mol. The summed E-state index contributed by atoms with van der Waals surface area (Å²) in [5.41, 5.74) is 2.98. The molecular formula is C42H54. The van der Waals surface area contributed by atoms with Crippen LogP contribution in [-0.2, 0) is 12.8 Å². The lowest BCUT2D eigenvalue weighted by atomic mass is 9.95. The molecule has 0 nitrogen and oxygen atoms in total. The lowest BCUT2D eigenvalue weighted by molar-refractivity contribution is 0.575.